The van der Waals surface area contributed by atoms with E-state index in [1.54, 1.807) is 6.92 Å². The highest BCUT2D eigenvalue weighted by Gasteiger charge is 2.15. The molecule has 6 nitrogen and oxygen atoms in total. The van der Waals surface area contributed by atoms with E-state index in [1.165, 1.54) is 0 Å². The van der Waals surface area contributed by atoms with Gasteiger partial charge in [0.15, 0.2) is 5.82 Å². The lowest BCUT2D eigenvalue weighted by molar-refractivity contribution is 0.0612. The SMILES string of the molecule is Cc1noc(-c2cn(CC3CCOCC3)cn2)n1. The van der Waals surface area contributed by atoms with Crippen LogP contribution in [0.1, 0.15) is 18.7 Å². The number of rotatable bonds is 3. The molecule has 0 N–H and O–H groups in total. The lowest BCUT2D eigenvalue weighted by Crippen LogP contribution is -2.19. The van der Waals surface area contributed by atoms with E-state index in [-0.39, 0.29) is 0 Å². The molecule has 0 atom stereocenters. The zero-order chi connectivity index (χ0) is 12.4. The van der Waals surface area contributed by atoms with Crippen LogP contribution in [0.5, 0.6) is 0 Å². The van der Waals surface area contributed by atoms with Gasteiger partial charge in [0.2, 0.25) is 0 Å². The van der Waals surface area contributed by atoms with Gasteiger partial charge in [-0.05, 0) is 25.7 Å². The van der Waals surface area contributed by atoms with Crippen LogP contribution in [0.3, 0.4) is 0 Å². The van der Waals surface area contributed by atoms with Crippen LogP contribution in [0.15, 0.2) is 17.0 Å². The number of hydrogen-bond donors (Lipinski definition) is 0. The van der Waals surface area contributed by atoms with Gasteiger partial charge in [0.1, 0.15) is 5.69 Å². The van der Waals surface area contributed by atoms with E-state index in [4.69, 9.17) is 9.26 Å². The summed E-state index contributed by atoms with van der Waals surface area (Å²) in [6.07, 6.45) is 6.02. The van der Waals surface area contributed by atoms with E-state index < -0.39 is 0 Å². The molecule has 0 aromatic carbocycles. The van der Waals surface area contributed by atoms with E-state index in [1.807, 2.05) is 12.5 Å². The summed E-state index contributed by atoms with van der Waals surface area (Å²) in [5.41, 5.74) is 0.739. The summed E-state index contributed by atoms with van der Waals surface area (Å²) in [5, 5.41) is 3.77. The third-order valence-corrected chi connectivity index (χ3v) is 3.19. The fourth-order valence-corrected chi connectivity index (χ4v) is 2.20. The van der Waals surface area contributed by atoms with E-state index in [9.17, 15) is 0 Å². The number of ether oxygens (including phenoxy) is 1. The summed E-state index contributed by atoms with van der Waals surface area (Å²) < 4.78 is 12.5. The molecule has 2 aromatic rings. The predicted octanol–water partition coefficient (Wildman–Crippen LogP) is 1.67. The highest BCUT2D eigenvalue weighted by Crippen LogP contribution is 2.19. The Hall–Kier alpha value is -1.69. The first-order valence-electron chi connectivity index (χ1n) is 6.21. The Morgan fingerprint density at radius 1 is 1.39 bits per heavy atom. The van der Waals surface area contributed by atoms with Crippen molar-refractivity contribution in [2.45, 2.75) is 26.3 Å². The van der Waals surface area contributed by atoms with Crippen molar-refractivity contribution in [3.8, 4) is 11.6 Å². The molecule has 0 unspecified atom stereocenters. The minimum Gasteiger partial charge on any atom is -0.381 e. The van der Waals surface area contributed by atoms with Crippen LogP contribution in [-0.2, 0) is 11.3 Å². The van der Waals surface area contributed by atoms with E-state index in [0.717, 1.165) is 38.3 Å². The van der Waals surface area contributed by atoms with Crippen molar-refractivity contribution < 1.29 is 9.26 Å². The van der Waals surface area contributed by atoms with Gasteiger partial charge in [-0.15, -0.1) is 0 Å². The molecule has 3 rings (SSSR count). The largest absolute Gasteiger partial charge is 0.381 e. The number of aromatic nitrogens is 4. The van der Waals surface area contributed by atoms with Crippen molar-refractivity contribution in [3.63, 3.8) is 0 Å². The minimum atomic E-state index is 0.484. The van der Waals surface area contributed by atoms with Gasteiger partial charge >= 0.3 is 0 Å². The second kappa shape index (κ2) is 4.89. The summed E-state index contributed by atoms with van der Waals surface area (Å²) in [7, 11) is 0. The maximum absolute atomic E-state index is 5.36. The van der Waals surface area contributed by atoms with Crippen molar-refractivity contribution in [2.24, 2.45) is 5.92 Å². The Balaban J connectivity index is 1.69. The fraction of sp³-hybridized carbons (Fsp3) is 0.583. The van der Waals surface area contributed by atoms with Gasteiger partial charge in [-0.25, -0.2) is 4.98 Å². The molecule has 0 bridgehead atoms. The molecule has 0 saturated carbocycles. The summed E-state index contributed by atoms with van der Waals surface area (Å²) in [6, 6.07) is 0. The summed E-state index contributed by atoms with van der Waals surface area (Å²) >= 11 is 0. The van der Waals surface area contributed by atoms with Gasteiger partial charge in [0.25, 0.3) is 5.89 Å². The normalized spacial score (nSPS) is 17.2. The van der Waals surface area contributed by atoms with Crippen LogP contribution in [0.2, 0.25) is 0 Å². The Morgan fingerprint density at radius 3 is 2.94 bits per heavy atom. The number of aryl methyl sites for hydroxylation is 1. The molecule has 6 heteroatoms. The van der Waals surface area contributed by atoms with Crippen LogP contribution in [0.4, 0.5) is 0 Å². The van der Waals surface area contributed by atoms with Crippen LogP contribution >= 0.6 is 0 Å². The Bertz CT molecular complexity index is 514. The van der Waals surface area contributed by atoms with Crippen molar-refractivity contribution >= 4 is 0 Å². The monoisotopic (exact) mass is 248 g/mol. The van der Waals surface area contributed by atoms with Crippen molar-refractivity contribution in [1.29, 1.82) is 0 Å². The molecule has 0 aliphatic carbocycles. The minimum absolute atomic E-state index is 0.484. The quantitative estimate of drug-likeness (QED) is 0.826. The molecular formula is C12H16N4O2. The molecule has 1 aliphatic rings. The molecule has 0 spiro atoms. The zero-order valence-corrected chi connectivity index (χ0v) is 10.4. The molecule has 0 amide bonds. The smallest absolute Gasteiger partial charge is 0.278 e. The maximum atomic E-state index is 5.36. The van der Waals surface area contributed by atoms with Gasteiger partial charge in [0.05, 0.1) is 6.33 Å². The van der Waals surface area contributed by atoms with Gasteiger partial charge in [-0.1, -0.05) is 5.16 Å². The van der Waals surface area contributed by atoms with Crippen LogP contribution in [0, 0.1) is 12.8 Å². The standard InChI is InChI=1S/C12H16N4O2/c1-9-14-12(18-15-9)11-7-16(8-13-11)6-10-2-4-17-5-3-10/h7-8,10H,2-6H2,1H3. The molecule has 96 valence electrons. The third-order valence-electron chi connectivity index (χ3n) is 3.19. The number of hydrogen-bond acceptors (Lipinski definition) is 5. The number of nitrogens with zero attached hydrogens (tertiary/aromatic N) is 4. The zero-order valence-electron chi connectivity index (χ0n) is 10.4. The van der Waals surface area contributed by atoms with Crippen LogP contribution < -0.4 is 0 Å². The van der Waals surface area contributed by atoms with E-state index in [2.05, 4.69) is 19.7 Å². The van der Waals surface area contributed by atoms with Gasteiger partial charge in [-0.2, -0.15) is 4.98 Å². The van der Waals surface area contributed by atoms with E-state index >= 15 is 0 Å². The van der Waals surface area contributed by atoms with Crippen molar-refractivity contribution in [1.82, 2.24) is 19.7 Å². The van der Waals surface area contributed by atoms with Crippen molar-refractivity contribution in [2.75, 3.05) is 13.2 Å². The predicted molar refractivity (Wildman–Crippen MR) is 63.8 cm³/mol. The summed E-state index contributed by atoms with van der Waals surface area (Å²) in [4.78, 5) is 8.47. The molecule has 0 radical (unpaired) electrons. The average molecular weight is 248 g/mol. The van der Waals surface area contributed by atoms with Gasteiger partial charge in [-0.3, -0.25) is 0 Å². The first-order chi connectivity index (χ1) is 8.81. The van der Waals surface area contributed by atoms with Crippen LogP contribution in [-0.4, -0.2) is 32.9 Å². The molecule has 1 fully saturated rings. The molecule has 2 aromatic heterocycles. The lowest BCUT2D eigenvalue weighted by atomic mass is 10.0. The fourth-order valence-electron chi connectivity index (χ4n) is 2.20. The van der Waals surface area contributed by atoms with Gasteiger partial charge < -0.3 is 13.8 Å². The summed E-state index contributed by atoms with van der Waals surface area (Å²) in [5.74, 6) is 1.78. The Kier molecular flexibility index (Phi) is 3.10. The molecule has 1 saturated heterocycles. The molecule has 18 heavy (non-hydrogen) atoms. The van der Waals surface area contributed by atoms with Crippen LogP contribution in [0.25, 0.3) is 11.6 Å². The van der Waals surface area contributed by atoms with Crippen molar-refractivity contribution in [3.05, 3.63) is 18.3 Å². The molecule has 1 aliphatic heterocycles. The second-order valence-electron chi connectivity index (χ2n) is 4.66. The first kappa shape index (κ1) is 11.4. The lowest BCUT2D eigenvalue weighted by Gasteiger charge is -2.21. The highest BCUT2D eigenvalue weighted by molar-refractivity contribution is 5.44. The summed E-state index contributed by atoms with van der Waals surface area (Å²) in [6.45, 7) is 4.51. The topological polar surface area (TPSA) is 66.0 Å². The maximum Gasteiger partial charge on any atom is 0.278 e. The average Bonchev–Trinajstić information content (AvgIpc) is 2.99. The molecule has 3 heterocycles. The van der Waals surface area contributed by atoms with Gasteiger partial charge in [0, 0.05) is 26.0 Å². The first-order valence-corrected chi connectivity index (χ1v) is 6.21. The highest BCUT2D eigenvalue weighted by atomic mass is 16.5. The Labute approximate surface area is 105 Å². The molecular weight excluding hydrogens is 232 g/mol. The second-order valence-corrected chi connectivity index (χ2v) is 4.66. The van der Waals surface area contributed by atoms with E-state index in [0.29, 0.717) is 17.6 Å². The Morgan fingerprint density at radius 2 is 2.22 bits per heavy atom. The number of imidazole rings is 1. The third kappa shape index (κ3) is 2.43.